The van der Waals surface area contributed by atoms with Crippen molar-refractivity contribution in [1.82, 2.24) is 0 Å². The second-order valence-electron chi connectivity index (χ2n) is 7.92. The molecule has 1 aliphatic carbocycles. The molecule has 1 fully saturated rings. The van der Waals surface area contributed by atoms with E-state index in [2.05, 4.69) is 0 Å². The van der Waals surface area contributed by atoms with E-state index in [0.717, 1.165) is 5.57 Å². The van der Waals surface area contributed by atoms with E-state index < -0.39 is 43.4 Å². The minimum atomic E-state index is -1.46. The fraction of sp³-hybridized carbons (Fsp3) is 0.737. The third-order valence-electron chi connectivity index (χ3n) is 5.12. The first-order chi connectivity index (χ1) is 12.1. The molecule has 0 aromatic rings. The topological polar surface area (TPSA) is 116 Å². The molecule has 7 heteroatoms. The monoisotopic (exact) mass is 370 g/mol. The highest BCUT2D eigenvalue weighted by Crippen LogP contribution is 2.40. The van der Waals surface area contributed by atoms with Gasteiger partial charge in [0.25, 0.3) is 0 Å². The smallest absolute Gasteiger partial charge is 0.187 e. The molecule has 0 unspecified atom stereocenters. The fourth-order valence-corrected chi connectivity index (χ4v) is 3.69. The zero-order chi connectivity index (χ0) is 19.6. The maximum Gasteiger partial charge on any atom is 0.187 e. The van der Waals surface area contributed by atoms with Crippen molar-refractivity contribution in [2.75, 3.05) is 6.61 Å². The Morgan fingerprint density at radius 2 is 1.96 bits per heavy atom. The average Bonchev–Trinajstić information content (AvgIpc) is 2.53. The molecule has 4 N–H and O–H groups in total. The molecule has 1 heterocycles. The average molecular weight is 370 g/mol. The maximum absolute atomic E-state index is 11.8. The van der Waals surface area contributed by atoms with Crippen molar-refractivity contribution in [3.05, 3.63) is 23.8 Å². The van der Waals surface area contributed by atoms with Crippen LogP contribution in [0, 0.1) is 11.3 Å². The lowest BCUT2D eigenvalue weighted by Crippen LogP contribution is -2.59. The number of carbonyl (C=O) groups is 1. The second-order valence-corrected chi connectivity index (χ2v) is 7.92. The van der Waals surface area contributed by atoms with Crippen molar-refractivity contribution in [3.63, 3.8) is 0 Å². The highest BCUT2D eigenvalue weighted by Gasteiger charge is 2.44. The Hall–Kier alpha value is -1.09. The van der Waals surface area contributed by atoms with Crippen LogP contribution < -0.4 is 0 Å². The van der Waals surface area contributed by atoms with Crippen molar-refractivity contribution in [3.8, 4) is 0 Å². The third kappa shape index (κ3) is 4.60. The van der Waals surface area contributed by atoms with Crippen molar-refractivity contribution in [1.29, 1.82) is 0 Å². The summed E-state index contributed by atoms with van der Waals surface area (Å²) in [6.45, 7) is 7.28. The van der Waals surface area contributed by atoms with Gasteiger partial charge < -0.3 is 29.9 Å². The summed E-state index contributed by atoms with van der Waals surface area (Å²) in [7, 11) is 0. The van der Waals surface area contributed by atoms with Gasteiger partial charge in [-0.05, 0) is 25.3 Å². The Kier molecular flexibility index (Phi) is 6.76. The number of carbonyl (C=O) groups excluding carboxylic acids is 1. The number of rotatable bonds is 5. The van der Waals surface area contributed by atoms with E-state index in [0.29, 0.717) is 6.42 Å². The minimum Gasteiger partial charge on any atom is -0.394 e. The van der Waals surface area contributed by atoms with E-state index in [4.69, 9.17) is 9.47 Å². The second kappa shape index (κ2) is 8.29. The number of ether oxygens (including phenoxy) is 2. The summed E-state index contributed by atoms with van der Waals surface area (Å²) in [6.07, 6.45) is -0.958. The molecule has 1 saturated heterocycles. The number of allylic oxidation sites excluding steroid dienone is 3. The lowest BCUT2D eigenvalue weighted by molar-refractivity contribution is -0.306. The van der Waals surface area contributed by atoms with Gasteiger partial charge in [-0.25, -0.2) is 0 Å². The van der Waals surface area contributed by atoms with E-state index in [-0.39, 0.29) is 17.1 Å². The van der Waals surface area contributed by atoms with Gasteiger partial charge in [-0.1, -0.05) is 31.6 Å². The van der Waals surface area contributed by atoms with Crippen LogP contribution in [0.1, 0.15) is 34.1 Å². The van der Waals surface area contributed by atoms with Gasteiger partial charge >= 0.3 is 0 Å². The first-order valence-corrected chi connectivity index (χ1v) is 8.92. The molecule has 148 valence electrons. The van der Waals surface area contributed by atoms with Crippen LogP contribution in [-0.2, 0) is 14.3 Å². The molecule has 26 heavy (non-hydrogen) atoms. The van der Waals surface area contributed by atoms with E-state index in [1.54, 1.807) is 13.0 Å². The molecule has 1 aliphatic heterocycles. The third-order valence-corrected chi connectivity index (χ3v) is 5.12. The summed E-state index contributed by atoms with van der Waals surface area (Å²) in [5.74, 6) is 0.212. The number of aliphatic hydroxyl groups excluding tert-OH is 4. The van der Waals surface area contributed by atoms with Crippen LogP contribution in [0.15, 0.2) is 23.8 Å². The Morgan fingerprint density at radius 3 is 2.54 bits per heavy atom. The highest BCUT2D eigenvalue weighted by molar-refractivity contribution is 5.92. The molecule has 0 aromatic heterocycles. The number of ketones is 1. The van der Waals surface area contributed by atoms with Gasteiger partial charge in [-0.3, -0.25) is 4.79 Å². The van der Waals surface area contributed by atoms with E-state index in [9.17, 15) is 25.2 Å². The molecule has 0 bridgehead atoms. The summed E-state index contributed by atoms with van der Waals surface area (Å²) in [5, 5.41) is 38.9. The Morgan fingerprint density at radius 1 is 1.31 bits per heavy atom. The summed E-state index contributed by atoms with van der Waals surface area (Å²) >= 11 is 0. The van der Waals surface area contributed by atoms with Crippen LogP contribution >= 0.6 is 0 Å². The lowest BCUT2D eigenvalue weighted by atomic mass is 9.68. The van der Waals surface area contributed by atoms with Crippen molar-refractivity contribution >= 4 is 5.78 Å². The molecule has 0 saturated carbocycles. The molecular weight excluding hydrogens is 340 g/mol. The van der Waals surface area contributed by atoms with Crippen molar-refractivity contribution in [2.24, 2.45) is 11.3 Å². The summed E-state index contributed by atoms with van der Waals surface area (Å²) in [4.78, 5) is 11.8. The number of hydrogen-bond acceptors (Lipinski definition) is 7. The van der Waals surface area contributed by atoms with Crippen LogP contribution in [0.3, 0.4) is 0 Å². The summed E-state index contributed by atoms with van der Waals surface area (Å²) in [5.41, 5.74) is 0.789. The SMILES string of the molecule is CC1=CC(=O)CC(C)(C)[C@H]1/C=C/[C@H](C)O[C@@H]1O[C@H](CO)[C@H](O)[C@H](O)[C@H]1O. The van der Waals surface area contributed by atoms with E-state index in [1.807, 2.05) is 32.9 Å². The van der Waals surface area contributed by atoms with Gasteiger partial charge in [0.15, 0.2) is 12.1 Å². The first-order valence-electron chi connectivity index (χ1n) is 8.92. The van der Waals surface area contributed by atoms with Crippen LogP contribution in [0.25, 0.3) is 0 Å². The fourth-order valence-electron chi connectivity index (χ4n) is 3.69. The van der Waals surface area contributed by atoms with E-state index in [1.165, 1.54) is 0 Å². The van der Waals surface area contributed by atoms with Gasteiger partial charge in [-0.2, -0.15) is 0 Å². The van der Waals surface area contributed by atoms with Gasteiger partial charge in [0, 0.05) is 12.3 Å². The largest absolute Gasteiger partial charge is 0.394 e. The first kappa shape index (κ1) is 21.2. The van der Waals surface area contributed by atoms with Crippen LogP contribution in [0.5, 0.6) is 0 Å². The van der Waals surface area contributed by atoms with E-state index >= 15 is 0 Å². The summed E-state index contributed by atoms with van der Waals surface area (Å²) in [6, 6.07) is 0. The zero-order valence-electron chi connectivity index (χ0n) is 15.7. The normalized spacial score (nSPS) is 39.1. The zero-order valence-corrected chi connectivity index (χ0v) is 15.7. The molecule has 7 atom stereocenters. The molecule has 0 amide bonds. The highest BCUT2D eigenvalue weighted by atomic mass is 16.7. The molecular formula is C19H30O7. The number of hydrogen-bond donors (Lipinski definition) is 4. The van der Waals surface area contributed by atoms with Gasteiger partial charge in [0.1, 0.15) is 24.4 Å². The molecule has 2 aliphatic rings. The maximum atomic E-state index is 11.8. The van der Waals surface area contributed by atoms with Gasteiger partial charge in [0.2, 0.25) is 0 Å². The van der Waals surface area contributed by atoms with Gasteiger partial charge in [-0.15, -0.1) is 0 Å². The standard InChI is InChI=1S/C19H30O7/c1-10-7-12(21)8-19(3,4)13(10)6-5-11(2)25-18-17(24)16(23)15(22)14(9-20)26-18/h5-7,11,13-18,20,22-24H,8-9H2,1-4H3/b6-5+/t11-,13-,14+,15-,16-,17+,18+/m0/s1. The van der Waals surface area contributed by atoms with Crippen LogP contribution in [0.4, 0.5) is 0 Å². The predicted octanol–water partition coefficient (Wildman–Crippen LogP) is 0.309. The molecule has 0 aromatic carbocycles. The quantitative estimate of drug-likeness (QED) is 0.515. The Balaban J connectivity index is 2.03. The van der Waals surface area contributed by atoms with Crippen LogP contribution in [0.2, 0.25) is 0 Å². The van der Waals surface area contributed by atoms with Crippen LogP contribution in [-0.4, -0.2) is 69.6 Å². The number of aliphatic hydroxyl groups is 4. The molecule has 7 nitrogen and oxygen atoms in total. The molecule has 0 radical (unpaired) electrons. The molecule has 0 spiro atoms. The summed E-state index contributed by atoms with van der Waals surface area (Å²) < 4.78 is 11.0. The Labute approximate surface area is 153 Å². The predicted molar refractivity (Wildman–Crippen MR) is 94.1 cm³/mol. The Bertz CT molecular complexity index is 566. The van der Waals surface area contributed by atoms with Crippen molar-refractivity contribution in [2.45, 2.75) is 70.9 Å². The molecule has 2 rings (SSSR count). The lowest BCUT2D eigenvalue weighted by Gasteiger charge is -2.40. The minimum absolute atomic E-state index is 0.0843. The van der Waals surface area contributed by atoms with Gasteiger partial charge in [0.05, 0.1) is 12.7 Å². The van der Waals surface area contributed by atoms with Crippen molar-refractivity contribution < 1.29 is 34.7 Å².